The van der Waals surface area contributed by atoms with Gasteiger partial charge in [0.15, 0.2) is 5.79 Å². The van der Waals surface area contributed by atoms with Crippen molar-refractivity contribution in [2.24, 2.45) is 5.73 Å². The fourth-order valence-corrected chi connectivity index (χ4v) is 1.61. The van der Waals surface area contributed by atoms with Crippen LogP contribution in [0.15, 0.2) is 12.2 Å². The number of rotatable bonds is 0. The van der Waals surface area contributed by atoms with Gasteiger partial charge in [0.25, 0.3) is 0 Å². The molecule has 3 atom stereocenters. The summed E-state index contributed by atoms with van der Waals surface area (Å²) in [6, 6.07) is 0.00164. The van der Waals surface area contributed by atoms with Crippen LogP contribution in [-0.4, -0.2) is 24.0 Å². The van der Waals surface area contributed by atoms with Crippen LogP contribution in [-0.2, 0) is 9.47 Å². The summed E-state index contributed by atoms with van der Waals surface area (Å²) in [7, 11) is 0. The van der Waals surface area contributed by atoms with Crippen LogP contribution in [0.3, 0.4) is 0 Å². The number of ether oxygens (including phenoxy) is 2. The fourth-order valence-electron chi connectivity index (χ4n) is 1.61. The van der Waals surface area contributed by atoms with E-state index in [0.29, 0.717) is 0 Å². The van der Waals surface area contributed by atoms with E-state index >= 15 is 0 Å². The normalized spacial score (nSPS) is 46.3. The van der Waals surface area contributed by atoms with E-state index in [1.165, 1.54) is 0 Å². The second-order valence-electron chi connectivity index (χ2n) is 3.53. The third-order valence-corrected chi connectivity index (χ3v) is 2.07. The molecule has 0 radical (unpaired) electrons. The Labute approximate surface area is 66.2 Å². The summed E-state index contributed by atoms with van der Waals surface area (Å²) < 4.78 is 11.1. The van der Waals surface area contributed by atoms with Crippen LogP contribution in [0.5, 0.6) is 0 Å². The van der Waals surface area contributed by atoms with Gasteiger partial charge in [-0.25, -0.2) is 0 Å². The Morgan fingerprint density at radius 3 is 2.64 bits per heavy atom. The van der Waals surface area contributed by atoms with Gasteiger partial charge in [0.2, 0.25) is 0 Å². The molecule has 0 spiro atoms. The molecule has 0 aromatic carbocycles. The molecule has 1 fully saturated rings. The van der Waals surface area contributed by atoms with Crippen molar-refractivity contribution >= 4 is 0 Å². The van der Waals surface area contributed by atoms with E-state index in [1.807, 2.05) is 26.0 Å². The van der Waals surface area contributed by atoms with E-state index in [-0.39, 0.29) is 18.2 Å². The molecule has 0 saturated carbocycles. The molecule has 0 aromatic rings. The molecule has 1 aliphatic heterocycles. The first-order valence-corrected chi connectivity index (χ1v) is 3.88. The fraction of sp³-hybridized carbons (Fsp3) is 0.750. The summed E-state index contributed by atoms with van der Waals surface area (Å²) in [4.78, 5) is 0. The minimum atomic E-state index is -0.461. The van der Waals surface area contributed by atoms with Crippen LogP contribution in [0, 0.1) is 0 Å². The highest BCUT2D eigenvalue weighted by atomic mass is 16.8. The smallest absolute Gasteiger partial charge is 0.164 e. The molecule has 2 N–H and O–H groups in total. The van der Waals surface area contributed by atoms with Crippen LogP contribution in [0.2, 0.25) is 0 Å². The van der Waals surface area contributed by atoms with Gasteiger partial charge in [-0.05, 0) is 13.8 Å². The van der Waals surface area contributed by atoms with Crippen molar-refractivity contribution in [2.45, 2.75) is 37.9 Å². The topological polar surface area (TPSA) is 44.5 Å². The molecule has 0 bridgehead atoms. The highest BCUT2D eigenvalue weighted by Crippen LogP contribution is 2.33. The Kier molecular flexibility index (Phi) is 1.36. The molecule has 1 aliphatic carbocycles. The Morgan fingerprint density at radius 2 is 2.00 bits per heavy atom. The lowest BCUT2D eigenvalue weighted by molar-refractivity contribution is -0.144. The van der Waals surface area contributed by atoms with Crippen LogP contribution < -0.4 is 5.73 Å². The first-order valence-electron chi connectivity index (χ1n) is 3.88. The van der Waals surface area contributed by atoms with Crippen molar-refractivity contribution in [3.05, 3.63) is 12.2 Å². The zero-order valence-electron chi connectivity index (χ0n) is 6.78. The van der Waals surface area contributed by atoms with Crippen molar-refractivity contribution in [1.82, 2.24) is 0 Å². The number of hydrogen-bond donors (Lipinski definition) is 1. The van der Waals surface area contributed by atoms with E-state index in [1.54, 1.807) is 0 Å². The van der Waals surface area contributed by atoms with Gasteiger partial charge >= 0.3 is 0 Å². The van der Waals surface area contributed by atoms with Gasteiger partial charge in [-0.1, -0.05) is 12.2 Å². The molecule has 0 amide bonds. The third kappa shape index (κ3) is 1.09. The molecule has 1 saturated heterocycles. The minimum absolute atomic E-state index is 0.00164. The van der Waals surface area contributed by atoms with Gasteiger partial charge in [-0.2, -0.15) is 0 Å². The maximum atomic E-state index is 5.75. The highest BCUT2D eigenvalue weighted by Gasteiger charge is 2.44. The monoisotopic (exact) mass is 155 g/mol. The maximum absolute atomic E-state index is 5.75. The Morgan fingerprint density at radius 1 is 1.27 bits per heavy atom. The van der Waals surface area contributed by atoms with E-state index in [4.69, 9.17) is 15.2 Å². The second kappa shape index (κ2) is 2.06. The summed E-state index contributed by atoms with van der Waals surface area (Å²) in [6.45, 7) is 3.82. The van der Waals surface area contributed by atoms with Gasteiger partial charge in [0.1, 0.15) is 12.2 Å². The lowest BCUT2D eigenvalue weighted by Gasteiger charge is -2.18. The van der Waals surface area contributed by atoms with Crippen LogP contribution in [0.25, 0.3) is 0 Å². The van der Waals surface area contributed by atoms with Crippen molar-refractivity contribution < 1.29 is 9.47 Å². The molecule has 0 unspecified atom stereocenters. The minimum Gasteiger partial charge on any atom is -0.342 e. The summed E-state index contributed by atoms with van der Waals surface area (Å²) in [5.74, 6) is -0.461. The first kappa shape index (κ1) is 7.28. The number of nitrogens with two attached hydrogens (primary N) is 1. The molecule has 3 heteroatoms. The highest BCUT2D eigenvalue weighted by molar-refractivity contribution is 5.14. The first-order chi connectivity index (χ1) is 5.08. The molecule has 1 heterocycles. The quantitative estimate of drug-likeness (QED) is 0.515. The SMILES string of the molecule is CC1(C)O[C@@H]2[C@H](N)C=C[C@@H]2O1. The summed E-state index contributed by atoms with van der Waals surface area (Å²) in [6.07, 6.45) is 4.01. The van der Waals surface area contributed by atoms with Crippen molar-refractivity contribution in [3.8, 4) is 0 Å². The van der Waals surface area contributed by atoms with Crippen molar-refractivity contribution in [3.63, 3.8) is 0 Å². The molecule has 2 rings (SSSR count). The van der Waals surface area contributed by atoms with E-state index in [0.717, 1.165) is 0 Å². The standard InChI is InChI=1S/C8H13NO2/c1-8(2)10-6-4-3-5(9)7(6)11-8/h3-7H,9H2,1-2H3/t5-,6+,7-/m1/s1. The number of fused-ring (bicyclic) bond motifs is 1. The van der Waals surface area contributed by atoms with E-state index < -0.39 is 5.79 Å². The zero-order chi connectivity index (χ0) is 8.06. The summed E-state index contributed by atoms with van der Waals surface area (Å²) >= 11 is 0. The molecule has 62 valence electrons. The zero-order valence-corrected chi connectivity index (χ0v) is 6.78. The average Bonchev–Trinajstić information content (AvgIpc) is 2.31. The van der Waals surface area contributed by atoms with Gasteiger partial charge in [0.05, 0.1) is 6.04 Å². The van der Waals surface area contributed by atoms with Gasteiger partial charge in [-0.15, -0.1) is 0 Å². The Bertz CT molecular complexity index is 200. The molecule has 11 heavy (non-hydrogen) atoms. The van der Waals surface area contributed by atoms with Crippen LogP contribution in [0.1, 0.15) is 13.8 Å². The molecule has 3 nitrogen and oxygen atoms in total. The molecule has 2 aliphatic rings. The van der Waals surface area contributed by atoms with Crippen LogP contribution >= 0.6 is 0 Å². The Balaban J connectivity index is 2.15. The Hall–Kier alpha value is -0.380. The van der Waals surface area contributed by atoms with Crippen molar-refractivity contribution in [1.29, 1.82) is 0 Å². The largest absolute Gasteiger partial charge is 0.342 e. The van der Waals surface area contributed by atoms with E-state index in [2.05, 4.69) is 0 Å². The lowest BCUT2D eigenvalue weighted by atomic mass is 10.2. The van der Waals surface area contributed by atoms with Gasteiger partial charge in [0, 0.05) is 0 Å². The predicted molar refractivity (Wildman–Crippen MR) is 40.9 cm³/mol. The summed E-state index contributed by atoms with van der Waals surface area (Å²) in [5, 5.41) is 0. The van der Waals surface area contributed by atoms with Crippen LogP contribution in [0.4, 0.5) is 0 Å². The van der Waals surface area contributed by atoms with E-state index in [9.17, 15) is 0 Å². The molecule has 0 aromatic heterocycles. The maximum Gasteiger partial charge on any atom is 0.164 e. The van der Waals surface area contributed by atoms with Gasteiger partial charge in [-0.3, -0.25) is 0 Å². The molecular formula is C8H13NO2. The number of hydrogen-bond acceptors (Lipinski definition) is 3. The lowest BCUT2D eigenvalue weighted by Crippen LogP contribution is -2.35. The average molecular weight is 155 g/mol. The third-order valence-electron chi connectivity index (χ3n) is 2.07. The summed E-state index contributed by atoms with van der Waals surface area (Å²) in [5.41, 5.74) is 5.75. The second-order valence-corrected chi connectivity index (χ2v) is 3.53. The van der Waals surface area contributed by atoms with Gasteiger partial charge < -0.3 is 15.2 Å². The van der Waals surface area contributed by atoms with Crippen molar-refractivity contribution in [2.75, 3.05) is 0 Å². The predicted octanol–water partition coefficient (Wildman–Crippen LogP) is 0.404. The molecular weight excluding hydrogens is 142 g/mol.